The molecule has 1 saturated heterocycles. The highest BCUT2D eigenvalue weighted by Gasteiger charge is 2.25. The third kappa shape index (κ3) is 3.62. The van der Waals surface area contributed by atoms with Crippen LogP contribution in [0.25, 0.3) is 10.9 Å². The molecule has 0 unspecified atom stereocenters. The summed E-state index contributed by atoms with van der Waals surface area (Å²) >= 11 is 6.15. The van der Waals surface area contributed by atoms with Crippen molar-refractivity contribution in [1.82, 2.24) is 9.88 Å². The summed E-state index contributed by atoms with van der Waals surface area (Å²) < 4.78 is 0. The molecule has 24 heavy (non-hydrogen) atoms. The Labute approximate surface area is 146 Å². The lowest BCUT2D eigenvalue weighted by Gasteiger charge is -2.38. The van der Waals surface area contributed by atoms with Crippen molar-refractivity contribution in [2.45, 2.75) is 25.8 Å². The molecule has 1 fully saturated rings. The van der Waals surface area contributed by atoms with E-state index in [0.29, 0.717) is 11.1 Å². The second kappa shape index (κ2) is 7.36. The number of aromatic nitrogens is 1. The van der Waals surface area contributed by atoms with Gasteiger partial charge in [-0.1, -0.05) is 18.5 Å². The quantitative estimate of drug-likeness (QED) is 0.899. The summed E-state index contributed by atoms with van der Waals surface area (Å²) in [5.41, 5.74) is 2.10. The Balaban J connectivity index is 1.75. The molecule has 1 aliphatic rings. The van der Waals surface area contributed by atoms with E-state index >= 15 is 0 Å². The zero-order chi connectivity index (χ0) is 17.1. The van der Waals surface area contributed by atoms with Crippen LogP contribution in [0.1, 0.15) is 19.8 Å². The molecule has 3 rings (SSSR count). The maximum absolute atomic E-state index is 11.0. The van der Waals surface area contributed by atoms with Gasteiger partial charge in [-0.25, -0.2) is 0 Å². The largest absolute Gasteiger partial charge is 0.480 e. The van der Waals surface area contributed by atoms with Crippen LogP contribution in [0.5, 0.6) is 0 Å². The van der Waals surface area contributed by atoms with Crippen LogP contribution in [0.4, 0.5) is 5.69 Å². The average Bonchev–Trinajstić information content (AvgIpc) is 2.59. The predicted octanol–water partition coefficient (Wildman–Crippen LogP) is 3.26. The fraction of sp³-hybridized carbons (Fsp3) is 0.444. The van der Waals surface area contributed by atoms with Gasteiger partial charge < -0.3 is 10.0 Å². The van der Waals surface area contributed by atoms with Gasteiger partial charge >= 0.3 is 5.97 Å². The molecular weight excluding hydrogens is 326 g/mol. The summed E-state index contributed by atoms with van der Waals surface area (Å²) in [5.74, 6) is -0.756. The number of halogens is 1. The van der Waals surface area contributed by atoms with E-state index in [1.807, 2.05) is 37.4 Å². The molecule has 0 radical (unpaired) electrons. The van der Waals surface area contributed by atoms with Crippen molar-refractivity contribution in [2.24, 2.45) is 0 Å². The zero-order valence-electron chi connectivity index (χ0n) is 13.8. The maximum Gasteiger partial charge on any atom is 0.317 e. The Morgan fingerprint density at radius 1 is 1.38 bits per heavy atom. The molecule has 1 aromatic carbocycles. The Hall–Kier alpha value is -1.85. The molecule has 1 N–H and O–H groups in total. The van der Waals surface area contributed by atoms with Crippen LogP contribution in [0, 0.1) is 0 Å². The van der Waals surface area contributed by atoms with Gasteiger partial charge in [0.05, 0.1) is 12.1 Å². The highest BCUT2D eigenvalue weighted by Crippen LogP contribution is 2.30. The summed E-state index contributed by atoms with van der Waals surface area (Å²) in [6.07, 6.45) is 3.76. The van der Waals surface area contributed by atoms with Crippen LogP contribution in [-0.2, 0) is 4.79 Å². The first kappa shape index (κ1) is 17.0. The Bertz CT molecular complexity index is 729. The molecule has 2 aromatic rings. The molecule has 0 amide bonds. The number of pyridine rings is 1. The molecule has 0 saturated carbocycles. The van der Waals surface area contributed by atoms with Crippen LogP contribution in [0.3, 0.4) is 0 Å². The van der Waals surface area contributed by atoms with Crippen molar-refractivity contribution >= 4 is 34.2 Å². The highest BCUT2D eigenvalue weighted by molar-refractivity contribution is 6.31. The minimum Gasteiger partial charge on any atom is -0.480 e. The van der Waals surface area contributed by atoms with E-state index in [1.165, 1.54) is 0 Å². The van der Waals surface area contributed by atoms with Crippen LogP contribution in [0.15, 0.2) is 30.5 Å². The fourth-order valence-electron chi connectivity index (χ4n) is 3.52. The van der Waals surface area contributed by atoms with E-state index in [-0.39, 0.29) is 6.54 Å². The first-order valence-electron chi connectivity index (χ1n) is 8.33. The molecule has 0 spiro atoms. The molecule has 2 heterocycles. The second-order valence-electron chi connectivity index (χ2n) is 6.17. The number of aliphatic carboxylic acids is 1. The molecule has 1 aliphatic heterocycles. The lowest BCUT2D eigenvalue weighted by Crippen LogP contribution is -2.46. The molecule has 128 valence electrons. The summed E-state index contributed by atoms with van der Waals surface area (Å²) in [5, 5.41) is 10.8. The Kier molecular flexibility index (Phi) is 5.21. The minimum atomic E-state index is -0.756. The number of anilines is 1. The first-order chi connectivity index (χ1) is 11.6. The van der Waals surface area contributed by atoms with E-state index < -0.39 is 5.97 Å². The maximum atomic E-state index is 11.0. The van der Waals surface area contributed by atoms with Gasteiger partial charge in [-0.15, -0.1) is 0 Å². The topological polar surface area (TPSA) is 56.7 Å². The van der Waals surface area contributed by atoms with Crippen molar-refractivity contribution in [3.8, 4) is 0 Å². The molecule has 0 aliphatic carbocycles. The first-order valence-corrected chi connectivity index (χ1v) is 8.71. The number of carbonyl (C=O) groups is 1. The average molecular weight is 348 g/mol. The van der Waals surface area contributed by atoms with Gasteiger partial charge in [0.1, 0.15) is 0 Å². The van der Waals surface area contributed by atoms with Gasteiger partial charge in [-0.05, 0) is 43.7 Å². The summed E-state index contributed by atoms with van der Waals surface area (Å²) in [6, 6.07) is 8.14. The number of hydrogen-bond donors (Lipinski definition) is 1. The lowest BCUT2D eigenvalue weighted by molar-refractivity contribution is -0.139. The van der Waals surface area contributed by atoms with E-state index in [1.54, 1.807) is 0 Å². The number of piperidine rings is 1. The Morgan fingerprint density at radius 2 is 2.12 bits per heavy atom. The minimum absolute atomic E-state index is 0.120. The van der Waals surface area contributed by atoms with E-state index in [0.717, 1.165) is 49.1 Å². The molecule has 6 heteroatoms. The summed E-state index contributed by atoms with van der Waals surface area (Å²) in [4.78, 5) is 19.8. The van der Waals surface area contributed by atoms with Crippen LogP contribution < -0.4 is 4.90 Å². The van der Waals surface area contributed by atoms with Gasteiger partial charge in [0.2, 0.25) is 0 Å². The van der Waals surface area contributed by atoms with Gasteiger partial charge in [0.25, 0.3) is 0 Å². The molecule has 1 aromatic heterocycles. The fourth-order valence-corrected chi connectivity index (χ4v) is 3.70. The zero-order valence-corrected chi connectivity index (χ0v) is 14.5. The third-order valence-corrected chi connectivity index (χ3v) is 4.98. The van der Waals surface area contributed by atoms with Crippen molar-refractivity contribution in [3.05, 3.63) is 35.5 Å². The number of fused-ring (bicyclic) bond motifs is 1. The molecular formula is C18H22ClN3O2. The Morgan fingerprint density at radius 3 is 2.79 bits per heavy atom. The lowest BCUT2D eigenvalue weighted by atomic mass is 10.0. The van der Waals surface area contributed by atoms with Crippen LogP contribution in [0.2, 0.25) is 5.02 Å². The molecule has 0 bridgehead atoms. The number of carboxylic acids is 1. The summed E-state index contributed by atoms with van der Waals surface area (Å²) in [7, 11) is 0. The van der Waals surface area contributed by atoms with Gasteiger partial charge in [0, 0.05) is 41.4 Å². The predicted molar refractivity (Wildman–Crippen MR) is 96.9 cm³/mol. The smallest absolute Gasteiger partial charge is 0.317 e. The number of likely N-dealkylation sites (N-methyl/N-ethyl adjacent to an activating group) is 1. The normalized spacial score (nSPS) is 16.0. The van der Waals surface area contributed by atoms with E-state index in [2.05, 4.69) is 14.8 Å². The number of rotatable bonds is 5. The SMILES string of the molecule is CCN(CC(=O)O)C1CCN(c2ccnc3ccc(Cl)cc23)CC1. The van der Waals surface area contributed by atoms with Crippen LogP contribution >= 0.6 is 11.6 Å². The monoisotopic (exact) mass is 347 g/mol. The van der Waals surface area contributed by atoms with Crippen LogP contribution in [-0.4, -0.2) is 53.2 Å². The van der Waals surface area contributed by atoms with Crippen molar-refractivity contribution in [2.75, 3.05) is 31.1 Å². The third-order valence-electron chi connectivity index (χ3n) is 4.75. The van der Waals surface area contributed by atoms with E-state index in [9.17, 15) is 4.79 Å². The highest BCUT2D eigenvalue weighted by atomic mass is 35.5. The molecule has 5 nitrogen and oxygen atoms in total. The number of hydrogen-bond acceptors (Lipinski definition) is 4. The van der Waals surface area contributed by atoms with Crippen molar-refractivity contribution < 1.29 is 9.90 Å². The van der Waals surface area contributed by atoms with Gasteiger partial charge in [0.15, 0.2) is 0 Å². The number of carboxylic acid groups (broad SMARTS) is 1. The van der Waals surface area contributed by atoms with E-state index in [4.69, 9.17) is 16.7 Å². The number of nitrogens with zero attached hydrogens (tertiary/aromatic N) is 3. The second-order valence-corrected chi connectivity index (χ2v) is 6.60. The molecule has 0 atom stereocenters. The van der Waals surface area contributed by atoms with Crippen molar-refractivity contribution in [3.63, 3.8) is 0 Å². The summed E-state index contributed by atoms with van der Waals surface area (Å²) in [6.45, 7) is 4.73. The van der Waals surface area contributed by atoms with Gasteiger partial charge in [-0.3, -0.25) is 14.7 Å². The number of benzene rings is 1. The van der Waals surface area contributed by atoms with Crippen molar-refractivity contribution in [1.29, 1.82) is 0 Å². The standard InChI is InChI=1S/C18H22ClN3O2/c1-2-21(12-18(23)24)14-6-9-22(10-7-14)17-5-8-20-16-4-3-13(19)11-15(16)17/h3-5,8,11,14H,2,6-7,9-10,12H2,1H3,(H,23,24). The van der Waals surface area contributed by atoms with Gasteiger partial charge in [-0.2, -0.15) is 0 Å².